The first kappa shape index (κ1) is 26.5. The van der Waals surface area contributed by atoms with Crippen LogP contribution in [0.25, 0.3) is 10.9 Å². The van der Waals surface area contributed by atoms with Gasteiger partial charge in [0.15, 0.2) is 0 Å². The maximum atomic E-state index is 13.2. The number of carboxylic acids is 1. The predicted octanol–water partition coefficient (Wildman–Crippen LogP) is 5.43. The number of aromatic nitrogens is 2. The second kappa shape index (κ2) is 11.2. The Balaban J connectivity index is 0.000000786. The highest BCUT2D eigenvalue weighted by Crippen LogP contribution is 2.32. The number of rotatable bonds is 4. The number of aromatic amines is 1. The lowest BCUT2D eigenvalue weighted by molar-refractivity contribution is -0.137. The molecule has 0 saturated carbocycles. The van der Waals surface area contributed by atoms with E-state index in [0.717, 1.165) is 35.1 Å². The van der Waals surface area contributed by atoms with Gasteiger partial charge in [-0.3, -0.25) is 9.89 Å². The van der Waals surface area contributed by atoms with Crippen LogP contribution < -0.4 is 15.5 Å². The summed E-state index contributed by atoms with van der Waals surface area (Å²) in [7, 11) is 0. The first-order valence-corrected chi connectivity index (χ1v) is 11.8. The zero-order chi connectivity index (χ0) is 27.3. The van der Waals surface area contributed by atoms with E-state index in [1.807, 2.05) is 41.3 Å². The highest BCUT2D eigenvalue weighted by Gasteiger charge is 2.31. The van der Waals surface area contributed by atoms with Crippen LogP contribution >= 0.6 is 0 Å². The smallest absolute Gasteiger partial charge is 0.416 e. The van der Waals surface area contributed by atoms with Gasteiger partial charge in [-0.05, 0) is 47.9 Å². The molecule has 8 nitrogen and oxygen atoms in total. The molecule has 4 N–H and O–H groups in total. The van der Waals surface area contributed by atoms with Gasteiger partial charge in [0.1, 0.15) is 0 Å². The van der Waals surface area contributed by atoms with Crippen LogP contribution in [0.1, 0.15) is 23.6 Å². The van der Waals surface area contributed by atoms with Gasteiger partial charge in [-0.1, -0.05) is 36.4 Å². The third-order valence-corrected chi connectivity index (χ3v) is 5.94. The minimum Gasteiger partial charge on any atom is -0.481 e. The molecule has 11 heteroatoms. The van der Waals surface area contributed by atoms with Crippen molar-refractivity contribution in [1.29, 1.82) is 0 Å². The summed E-state index contributed by atoms with van der Waals surface area (Å²) in [6, 6.07) is 18.0. The van der Waals surface area contributed by atoms with Crippen LogP contribution in [0.5, 0.6) is 0 Å². The maximum Gasteiger partial charge on any atom is 0.416 e. The van der Waals surface area contributed by atoms with E-state index < -0.39 is 17.7 Å². The number of anilines is 2. The largest absolute Gasteiger partial charge is 0.481 e. The quantitative estimate of drug-likeness (QED) is 0.284. The number of nitrogens with zero attached hydrogens (tertiary/aromatic N) is 2. The molecule has 1 aliphatic rings. The van der Waals surface area contributed by atoms with E-state index in [4.69, 9.17) is 9.90 Å². The van der Waals surface area contributed by atoms with Gasteiger partial charge in [-0.15, -0.1) is 0 Å². The Hall–Kier alpha value is -4.54. The van der Waals surface area contributed by atoms with Gasteiger partial charge in [0.25, 0.3) is 5.97 Å². The van der Waals surface area contributed by atoms with Gasteiger partial charge in [0.2, 0.25) is 0 Å². The number of fused-ring (bicyclic) bond motifs is 2. The number of aliphatic carboxylic acids is 1. The Morgan fingerprint density at radius 2 is 1.84 bits per heavy atom. The SMILES string of the molecule is CC(=O)O.O=C(Nc1cccc2[nH]ncc12)NC1Cc2ccccc2N(Cc2cccc(C(F)(F)F)c2)C1. The lowest BCUT2D eigenvalue weighted by Crippen LogP contribution is -2.49. The Morgan fingerprint density at radius 1 is 1.11 bits per heavy atom. The van der Waals surface area contributed by atoms with Crippen LogP contribution in [0, 0.1) is 0 Å². The third-order valence-electron chi connectivity index (χ3n) is 5.94. The van der Waals surface area contributed by atoms with Crippen molar-refractivity contribution in [2.45, 2.75) is 32.1 Å². The van der Waals surface area contributed by atoms with Gasteiger partial charge in [0.05, 0.1) is 29.0 Å². The van der Waals surface area contributed by atoms with Crippen molar-refractivity contribution in [1.82, 2.24) is 15.5 Å². The first-order chi connectivity index (χ1) is 18.1. The number of hydrogen-bond donors (Lipinski definition) is 4. The predicted molar refractivity (Wildman–Crippen MR) is 138 cm³/mol. The van der Waals surface area contributed by atoms with Crippen LogP contribution in [-0.4, -0.2) is 39.9 Å². The molecule has 0 radical (unpaired) electrons. The number of amides is 2. The number of H-pyrrole nitrogens is 1. The number of carbonyl (C=O) groups is 2. The van der Waals surface area contributed by atoms with Gasteiger partial charge in [0, 0.05) is 31.1 Å². The van der Waals surface area contributed by atoms with E-state index >= 15 is 0 Å². The van der Waals surface area contributed by atoms with Crippen molar-refractivity contribution < 1.29 is 27.9 Å². The molecule has 5 rings (SSSR count). The molecule has 0 aliphatic carbocycles. The molecule has 1 unspecified atom stereocenters. The third kappa shape index (κ3) is 6.61. The fourth-order valence-electron chi connectivity index (χ4n) is 4.42. The molecule has 2 heterocycles. The molecule has 198 valence electrons. The monoisotopic (exact) mass is 525 g/mol. The highest BCUT2D eigenvalue weighted by atomic mass is 19.4. The zero-order valence-corrected chi connectivity index (χ0v) is 20.4. The molecular weight excluding hydrogens is 499 g/mol. The lowest BCUT2D eigenvalue weighted by Gasteiger charge is -2.36. The van der Waals surface area contributed by atoms with Crippen molar-refractivity contribution in [2.75, 3.05) is 16.8 Å². The second-order valence-electron chi connectivity index (χ2n) is 8.86. The average Bonchev–Trinajstić information content (AvgIpc) is 3.33. The van der Waals surface area contributed by atoms with Crippen LogP contribution in [0.2, 0.25) is 0 Å². The van der Waals surface area contributed by atoms with Crippen LogP contribution in [0.15, 0.2) is 72.9 Å². The van der Waals surface area contributed by atoms with Gasteiger partial charge < -0.3 is 20.6 Å². The zero-order valence-electron chi connectivity index (χ0n) is 20.4. The number of halogens is 3. The minimum atomic E-state index is -4.39. The van der Waals surface area contributed by atoms with Crippen molar-refractivity contribution in [3.8, 4) is 0 Å². The number of carboxylic acid groups (broad SMARTS) is 1. The highest BCUT2D eigenvalue weighted by molar-refractivity contribution is 6.00. The van der Waals surface area contributed by atoms with Gasteiger partial charge in [-0.2, -0.15) is 18.3 Å². The number of nitrogens with one attached hydrogen (secondary N) is 3. The Bertz CT molecular complexity index is 1430. The molecule has 0 bridgehead atoms. The topological polar surface area (TPSA) is 110 Å². The normalized spacial score (nSPS) is 14.7. The molecule has 0 spiro atoms. The molecule has 2 amide bonds. The van der Waals surface area contributed by atoms with Crippen molar-refractivity contribution in [2.24, 2.45) is 0 Å². The maximum absolute atomic E-state index is 13.2. The molecule has 38 heavy (non-hydrogen) atoms. The summed E-state index contributed by atoms with van der Waals surface area (Å²) in [5.74, 6) is -0.833. The number of carbonyl (C=O) groups excluding carboxylic acids is 1. The standard InChI is InChI=1S/C25H22F3N5O.C2H4O2/c26-25(27,28)18-7-3-5-16(11-18)14-33-15-19(12-17-6-1-2-10-23(17)33)30-24(34)31-21-8-4-9-22-20(21)13-29-32-22;1-2(3)4/h1-11,13,19H,12,14-15H2,(H,29,32)(H2,30,31,34);1H3,(H,3,4). The van der Waals surface area contributed by atoms with E-state index in [1.165, 1.54) is 12.1 Å². The van der Waals surface area contributed by atoms with Crippen LogP contribution in [-0.2, 0) is 23.9 Å². The van der Waals surface area contributed by atoms with Crippen LogP contribution in [0.3, 0.4) is 0 Å². The minimum absolute atomic E-state index is 0.218. The summed E-state index contributed by atoms with van der Waals surface area (Å²) >= 11 is 0. The fourth-order valence-corrected chi connectivity index (χ4v) is 4.42. The van der Waals surface area contributed by atoms with E-state index in [0.29, 0.717) is 30.8 Å². The molecule has 4 aromatic rings. The Labute approximate surface area is 216 Å². The molecule has 1 aliphatic heterocycles. The van der Waals surface area contributed by atoms with E-state index in [-0.39, 0.29) is 12.1 Å². The number of urea groups is 1. The molecular formula is C27H26F3N5O3. The van der Waals surface area contributed by atoms with Crippen molar-refractivity contribution in [3.63, 3.8) is 0 Å². The molecule has 1 aromatic heterocycles. The van der Waals surface area contributed by atoms with E-state index in [9.17, 15) is 18.0 Å². The van der Waals surface area contributed by atoms with Gasteiger partial charge >= 0.3 is 12.2 Å². The summed E-state index contributed by atoms with van der Waals surface area (Å²) in [5.41, 5.74) is 3.33. The summed E-state index contributed by atoms with van der Waals surface area (Å²) < 4.78 is 39.5. The molecule has 3 aromatic carbocycles. The summed E-state index contributed by atoms with van der Waals surface area (Å²) in [6.07, 6.45) is -2.12. The Morgan fingerprint density at radius 3 is 2.61 bits per heavy atom. The van der Waals surface area contributed by atoms with Crippen molar-refractivity contribution in [3.05, 3.63) is 89.6 Å². The second-order valence-corrected chi connectivity index (χ2v) is 8.86. The molecule has 0 saturated heterocycles. The summed E-state index contributed by atoms with van der Waals surface area (Å²) in [4.78, 5) is 23.8. The number of alkyl halides is 3. The van der Waals surface area contributed by atoms with E-state index in [2.05, 4.69) is 20.8 Å². The van der Waals surface area contributed by atoms with E-state index in [1.54, 1.807) is 18.3 Å². The Kier molecular flexibility index (Phi) is 7.85. The number of benzene rings is 3. The molecule has 1 atom stereocenters. The van der Waals surface area contributed by atoms with Gasteiger partial charge in [-0.25, -0.2) is 4.79 Å². The van der Waals surface area contributed by atoms with Crippen LogP contribution in [0.4, 0.5) is 29.3 Å². The number of hydrogen-bond acceptors (Lipinski definition) is 4. The summed E-state index contributed by atoms with van der Waals surface area (Å²) in [5, 5.41) is 21.0. The molecule has 0 fully saturated rings. The summed E-state index contributed by atoms with van der Waals surface area (Å²) in [6.45, 7) is 1.85. The lowest BCUT2D eigenvalue weighted by atomic mass is 9.97. The first-order valence-electron chi connectivity index (χ1n) is 11.8. The average molecular weight is 526 g/mol. The van der Waals surface area contributed by atoms with Crippen molar-refractivity contribution >= 4 is 34.3 Å². The fraction of sp³-hybridized carbons (Fsp3) is 0.222. The number of para-hydroxylation sites is 1.